The quantitative estimate of drug-likeness (QED) is 0.694. The van der Waals surface area contributed by atoms with E-state index in [1.807, 2.05) is 36.4 Å². The number of likely N-dealkylation sites (N-methyl/N-ethyl adjacent to an activating group) is 1. The van der Waals surface area contributed by atoms with Gasteiger partial charge in [0.2, 0.25) is 5.91 Å². The molecule has 2 heterocycles. The Bertz CT molecular complexity index is 796. The Balaban J connectivity index is 1.89. The van der Waals surface area contributed by atoms with E-state index in [1.54, 1.807) is 19.4 Å². The number of nitrogens with zero attached hydrogens (tertiary/aromatic N) is 2. The van der Waals surface area contributed by atoms with Crippen molar-refractivity contribution in [3.63, 3.8) is 0 Å². The molecule has 0 saturated carbocycles. The molecule has 0 aliphatic carbocycles. The highest BCUT2D eigenvalue weighted by molar-refractivity contribution is 5.85. The summed E-state index contributed by atoms with van der Waals surface area (Å²) >= 11 is 0. The summed E-state index contributed by atoms with van der Waals surface area (Å²) in [4.78, 5) is 20.8. The largest absolute Gasteiger partial charge is 0.456 e. The molecule has 1 aromatic carbocycles. The number of furan rings is 1. The minimum atomic E-state index is -0.110. The molecule has 2 aromatic heterocycles. The van der Waals surface area contributed by atoms with Crippen molar-refractivity contribution >= 4 is 16.9 Å². The molecule has 0 aliphatic rings. The van der Waals surface area contributed by atoms with Crippen LogP contribution in [0.5, 0.6) is 0 Å². The van der Waals surface area contributed by atoms with Gasteiger partial charge in [0.05, 0.1) is 13.5 Å². The Labute approximate surface area is 128 Å². The van der Waals surface area contributed by atoms with Crippen LogP contribution in [0.25, 0.3) is 22.3 Å². The van der Waals surface area contributed by atoms with Gasteiger partial charge >= 0.3 is 0 Å². The highest BCUT2D eigenvalue weighted by Crippen LogP contribution is 2.28. The second-order valence-electron chi connectivity index (χ2n) is 4.98. The molecule has 112 valence electrons. The van der Waals surface area contributed by atoms with Crippen LogP contribution in [0.2, 0.25) is 0 Å². The van der Waals surface area contributed by atoms with Crippen molar-refractivity contribution in [2.75, 3.05) is 14.2 Å². The van der Waals surface area contributed by atoms with Crippen LogP contribution < -0.4 is 0 Å². The second kappa shape index (κ2) is 5.99. The van der Waals surface area contributed by atoms with Crippen LogP contribution in [0.4, 0.5) is 0 Å². The lowest BCUT2D eigenvalue weighted by Crippen LogP contribution is -2.26. The maximum atomic E-state index is 11.9. The lowest BCUT2D eigenvalue weighted by molar-refractivity contribution is -0.167. The summed E-state index contributed by atoms with van der Waals surface area (Å²) in [6, 6.07) is 11.5. The third-order valence-electron chi connectivity index (χ3n) is 3.51. The monoisotopic (exact) mass is 296 g/mol. The van der Waals surface area contributed by atoms with Gasteiger partial charge < -0.3 is 4.42 Å². The predicted octanol–water partition coefficient (Wildman–Crippen LogP) is 3.06. The summed E-state index contributed by atoms with van der Waals surface area (Å²) in [5.74, 6) is 0.654. The van der Waals surface area contributed by atoms with Gasteiger partial charge in [-0.3, -0.25) is 14.6 Å². The molecule has 0 unspecified atom stereocenters. The fraction of sp³-hybridized carbons (Fsp3) is 0.176. The number of aromatic nitrogens is 1. The van der Waals surface area contributed by atoms with Crippen molar-refractivity contribution in [1.82, 2.24) is 10.0 Å². The molecule has 5 heteroatoms. The van der Waals surface area contributed by atoms with E-state index in [-0.39, 0.29) is 12.3 Å². The van der Waals surface area contributed by atoms with Crippen LogP contribution in [-0.2, 0) is 16.1 Å². The van der Waals surface area contributed by atoms with Crippen LogP contribution in [0.1, 0.15) is 5.56 Å². The zero-order valence-corrected chi connectivity index (χ0v) is 12.4. The number of hydrogen-bond acceptors (Lipinski definition) is 4. The number of carbonyl (C=O) groups excluding carboxylic acids is 1. The van der Waals surface area contributed by atoms with Crippen LogP contribution in [0, 0.1) is 0 Å². The Kier molecular flexibility index (Phi) is 3.89. The summed E-state index contributed by atoms with van der Waals surface area (Å²) in [7, 11) is 3.06. The van der Waals surface area contributed by atoms with Gasteiger partial charge in [-0.1, -0.05) is 12.1 Å². The number of carbonyl (C=O) groups is 1. The molecule has 1 amide bonds. The predicted molar refractivity (Wildman–Crippen MR) is 82.9 cm³/mol. The first-order valence-electron chi connectivity index (χ1n) is 6.91. The maximum Gasteiger partial charge on any atom is 0.250 e. The van der Waals surface area contributed by atoms with Crippen molar-refractivity contribution in [3.05, 3.63) is 54.4 Å². The molecular formula is C17H16N2O3. The van der Waals surface area contributed by atoms with Gasteiger partial charge in [0.15, 0.2) is 0 Å². The smallest absolute Gasteiger partial charge is 0.250 e. The Morgan fingerprint density at radius 3 is 2.91 bits per heavy atom. The van der Waals surface area contributed by atoms with Crippen LogP contribution >= 0.6 is 0 Å². The van der Waals surface area contributed by atoms with Crippen LogP contribution in [-0.4, -0.2) is 30.1 Å². The normalized spacial score (nSPS) is 10.8. The number of hydroxylamine groups is 2. The zero-order chi connectivity index (χ0) is 15.5. The molecule has 0 radical (unpaired) electrons. The second-order valence-corrected chi connectivity index (χ2v) is 4.98. The summed E-state index contributed by atoms with van der Waals surface area (Å²) in [5, 5.41) is 2.21. The Morgan fingerprint density at radius 2 is 2.18 bits per heavy atom. The fourth-order valence-electron chi connectivity index (χ4n) is 2.22. The van der Waals surface area contributed by atoms with E-state index in [0.29, 0.717) is 0 Å². The molecule has 0 bridgehead atoms. The number of rotatable bonds is 4. The van der Waals surface area contributed by atoms with E-state index in [9.17, 15) is 4.79 Å². The van der Waals surface area contributed by atoms with E-state index < -0.39 is 0 Å². The van der Waals surface area contributed by atoms with Gasteiger partial charge in [0, 0.05) is 30.4 Å². The van der Waals surface area contributed by atoms with Gasteiger partial charge in [-0.15, -0.1) is 0 Å². The number of amides is 1. The minimum Gasteiger partial charge on any atom is -0.456 e. The maximum absolute atomic E-state index is 11.9. The first kappa shape index (κ1) is 14.3. The van der Waals surface area contributed by atoms with Crippen molar-refractivity contribution in [2.45, 2.75) is 6.42 Å². The lowest BCUT2D eigenvalue weighted by Gasteiger charge is -2.13. The van der Waals surface area contributed by atoms with E-state index in [1.165, 1.54) is 12.2 Å². The van der Waals surface area contributed by atoms with Crippen molar-refractivity contribution in [3.8, 4) is 11.3 Å². The van der Waals surface area contributed by atoms with E-state index >= 15 is 0 Å². The molecule has 0 N–H and O–H groups in total. The zero-order valence-electron chi connectivity index (χ0n) is 12.4. The van der Waals surface area contributed by atoms with Crippen molar-refractivity contribution in [1.29, 1.82) is 0 Å². The molecule has 0 aliphatic heterocycles. The van der Waals surface area contributed by atoms with Gasteiger partial charge in [-0.2, -0.15) is 0 Å². The molecule has 22 heavy (non-hydrogen) atoms. The third-order valence-corrected chi connectivity index (χ3v) is 3.51. The Morgan fingerprint density at radius 1 is 1.32 bits per heavy atom. The standard InChI is InChI=1S/C17H16N2O3/c1-19(21-2)17(20)9-12-5-6-13-10-16(22-15(13)8-12)14-4-3-7-18-11-14/h3-8,10-11H,9H2,1-2H3. The molecule has 3 aromatic rings. The van der Waals surface area contributed by atoms with Crippen LogP contribution in [0.3, 0.4) is 0 Å². The van der Waals surface area contributed by atoms with E-state index in [0.717, 1.165) is 27.9 Å². The number of hydrogen-bond donors (Lipinski definition) is 0. The fourth-order valence-corrected chi connectivity index (χ4v) is 2.22. The molecule has 0 fully saturated rings. The summed E-state index contributed by atoms with van der Waals surface area (Å²) in [6.45, 7) is 0. The van der Waals surface area contributed by atoms with Crippen molar-refractivity contribution in [2.24, 2.45) is 0 Å². The van der Waals surface area contributed by atoms with E-state index in [2.05, 4.69) is 4.98 Å². The number of pyridine rings is 1. The summed E-state index contributed by atoms with van der Waals surface area (Å²) in [6.07, 6.45) is 3.75. The third kappa shape index (κ3) is 2.84. The molecule has 0 atom stereocenters. The molecule has 3 rings (SSSR count). The number of fused-ring (bicyclic) bond motifs is 1. The molecule has 0 saturated heterocycles. The van der Waals surface area contributed by atoms with Crippen LogP contribution in [0.15, 0.2) is 53.2 Å². The molecular weight excluding hydrogens is 280 g/mol. The SMILES string of the molecule is CON(C)C(=O)Cc1ccc2cc(-c3cccnc3)oc2c1. The van der Waals surface area contributed by atoms with Gasteiger partial charge in [-0.25, -0.2) is 5.06 Å². The van der Waals surface area contributed by atoms with Gasteiger partial charge in [0.25, 0.3) is 0 Å². The molecule has 0 spiro atoms. The van der Waals surface area contributed by atoms with Gasteiger partial charge in [0.1, 0.15) is 11.3 Å². The summed E-state index contributed by atoms with van der Waals surface area (Å²) in [5.41, 5.74) is 2.56. The lowest BCUT2D eigenvalue weighted by atomic mass is 10.1. The van der Waals surface area contributed by atoms with Crippen molar-refractivity contribution < 1.29 is 14.0 Å². The van der Waals surface area contributed by atoms with E-state index in [4.69, 9.17) is 9.25 Å². The highest BCUT2D eigenvalue weighted by atomic mass is 16.7. The minimum absolute atomic E-state index is 0.110. The Hall–Kier alpha value is -2.66. The van der Waals surface area contributed by atoms with Gasteiger partial charge in [-0.05, 0) is 29.8 Å². The first-order valence-corrected chi connectivity index (χ1v) is 6.91. The highest BCUT2D eigenvalue weighted by Gasteiger charge is 2.11. The topological polar surface area (TPSA) is 55.6 Å². The summed E-state index contributed by atoms with van der Waals surface area (Å²) < 4.78 is 5.87. The average Bonchev–Trinajstić information content (AvgIpc) is 2.98. The molecule has 5 nitrogen and oxygen atoms in total. The number of benzene rings is 1. The average molecular weight is 296 g/mol. The first-order chi connectivity index (χ1) is 10.7.